The van der Waals surface area contributed by atoms with Crippen molar-refractivity contribution in [3.63, 3.8) is 0 Å². The lowest BCUT2D eigenvalue weighted by atomic mass is 9.74. The molecule has 8 nitrogen and oxygen atoms in total. The Labute approximate surface area is 176 Å². The van der Waals surface area contributed by atoms with Gasteiger partial charge < -0.3 is 30.5 Å². The number of halogens is 1. The number of nitrogens with two attached hydrogens (primary N) is 1. The molecule has 0 amide bonds. The molecule has 3 unspecified atom stereocenters. The third kappa shape index (κ3) is 3.17. The normalized spacial score (nSPS) is 25.2. The maximum absolute atomic E-state index is 11.7. The molecule has 5 N–H and O–H groups in total. The Kier molecular flexibility index (Phi) is 5.09. The Morgan fingerprint density at radius 3 is 2.67 bits per heavy atom. The Hall–Kier alpha value is -2.81. The Balaban J connectivity index is 1.70. The van der Waals surface area contributed by atoms with Crippen LogP contribution in [0.2, 0.25) is 5.02 Å². The summed E-state index contributed by atoms with van der Waals surface area (Å²) in [6.07, 6.45) is 4.34. The first-order valence-electron chi connectivity index (χ1n) is 9.42. The monoisotopic (exact) mass is 433 g/mol. The molecule has 0 spiro atoms. The van der Waals surface area contributed by atoms with E-state index in [1.165, 1.54) is 0 Å². The molecule has 1 aromatic rings. The van der Waals surface area contributed by atoms with Gasteiger partial charge in [-0.3, -0.25) is 0 Å². The minimum atomic E-state index is -2.88. The van der Waals surface area contributed by atoms with E-state index in [2.05, 4.69) is 0 Å². The second kappa shape index (κ2) is 7.46. The summed E-state index contributed by atoms with van der Waals surface area (Å²) in [5, 5.41) is 30.2. The van der Waals surface area contributed by atoms with Crippen LogP contribution < -0.4 is 5.73 Å². The maximum atomic E-state index is 11.7. The fraction of sp³-hybridized carbons (Fsp3) is 0.333. The fourth-order valence-corrected chi connectivity index (χ4v) is 4.36. The van der Waals surface area contributed by atoms with Crippen molar-refractivity contribution in [1.29, 1.82) is 0 Å². The number of carboxylic acids is 2. The molecule has 4 rings (SSSR count). The van der Waals surface area contributed by atoms with E-state index >= 15 is 0 Å². The third-order valence-corrected chi connectivity index (χ3v) is 5.87. The van der Waals surface area contributed by atoms with Crippen LogP contribution in [-0.4, -0.2) is 39.1 Å². The fourth-order valence-electron chi connectivity index (χ4n) is 4.16. The first-order valence-corrected chi connectivity index (χ1v) is 9.80. The van der Waals surface area contributed by atoms with Crippen LogP contribution in [0.15, 0.2) is 59.1 Å². The van der Waals surface area contributed by atoms with Crippen LogP contribution in [0.25, 0.3) is 0 Å². The van der Waals surface area contributed by atoms with Crippen LogP contribution >= 0.6 is 11.6 Å². The summed E-state index contributed by atoms with van der Waals surface area (Å²) in [7, 11) is 0. The summed E-state index contributed by atoms with van der Waals surface area (Å²) in [4.78, 5) is 23.3. The zero-order chi connectivity index (χ0) is 21.6. The first-order chi connectivity index (χ1) is 14.2. The van der Waals surface area contributed by atoms with Crippen molar-refractivity contribution in [1.82, 2.24) is 0 Å². The van der Waals surface area contributed by atoms with Crippen LogP contribution in [0, 0.1) is 5.92 Å². The highest BCUT2D eigenvalue weighted by Gasteiger charge is 2.61. The van der Waals surface area contributed by atoms with Crippen LogP contribution in [-0.2, 0) is 19.1 Å². The number of benzene rings is 1. The molecule has 2 aliphatic carbocycles. The van der Waals surface area contributed by atoms with E-state index in [0.717, 1.165) is 12.0 Å². The molecule has 9 heteroatoms. The Morgan fingerprint density at radius 1 is 1.27 bits per heavy atom. The van der Waals surface area contributed by atoms with E-state index in [1.807, 2.05) is 6.08 Å². The highest BCUT2D eigenvalue weighted by molar-refractivity contribution is 6.30. The molecule has 0 aromatic heterocycles. The molecule has 3 aliphatic rings. The van der Waals surface area contributed by atoms with Gasteiger partial charge >= 0.3 is 17.7 Å². The number of allylic oxidation sites excluding steroid dienone is 2. The van der Waals surface area contributed by atoms with E-state index in [1.54, 1.807) is 30.3 Å². The Bertz CT molecular complexity index is 998. The second-order valence-corrected chi connectivity index (χ2v) is 7.88. The molecule has 0 bridgehead atoms. The predicted octanol–water partition coefficient (Wildman–Crippen LogP) is 2.49. The predicted molar refractivity (Wildman–Crippen MR) is 105 cm³/mol. The van der Waals surface area contributed by atoms with Gasteiger partial charge in [-0.2, -0.15) is 0 Å². The molecule has 30 heavy (non-hydrogen) atoms. The maximum Gasteiger partial charge on any atom is 0.452 e. The first kappa shape index (κ1) is 20.5. The third-order valence-electron chi connectivity index (χ3n) is 5.64. The summed E-state index contributed by atoms with van der Waals surface area (Å²) in [5.74, 6) is -6.85. The number of hydrogen-bond donors (Lipinski definition) is 4. The summed E-state index contributed by atoms with van der Waals surface area (Å²) in [6.45, 7) is 0. The van der Waals surface area contributed by atoms with Gasteiger partial charge in [0.1, 0.15) is 0 Å². The van der Waals surface area contributed by atoms with Gasteiger partial charge in [0.05, 0.1) is 12.1 Å². The molecular weight excluding hydrogens is 414 g/mol. The number of carboxylic acid groups (broad SMARTS) is 2. The van der Waals surface area contributed by atoms with E-state index in [-0.39, 0.29) is 17.9 Å². The van der Waals surface area contributed by atoms with Crippen molar-refractivity contribution < 1.29 is 34.4 Å². The highest BCUT2D eigenvalue weighted by atomic mass is 35.5. The molecule has 158 valence electrons. The van der Waals surface area contributed by atoms with Crippen molar-refractivity contribution in [2.75, 3.05) is 0 Å². The molecule has 3 atom stereocenters. The summed E-state index contributed by atoms with van der Waals surface area (Å²) in [6, 6.07) is 5.98. The molecule has 1 aromatic carbocycles. The van der Waals surface area contributed by atoms with Crippen LogP contribution in [0.5, 0.6) is 0 Å². The average molecular weight is 434 g/mol. The molecule has 0 saturated carbocycles. The number of carbonyl (C=O) groups is 2. The summed E-state index contributed by atoms with van der Waals surface area (Å²) in [5.41, 5.74) is 8.46. The van der Waals surface area contributed by atoms with E-state index in [4.69, 9.17) is 26.8 Å². The van der Waals surface area contributed by atoms with Crippen molar-refractivity contribution in [3.05, 3.63) is 69.7 Å². The number of hydrogen-bond acceptors (Lipinski definition) is 6. The number of fused-ring (bicyclic) bond motifs is 1. The molecule has 1 heterocycles. The van der Waals surface area contributed by atoms with Gasteiger partial charge in [0.25, 0.3) is 0 Å². The SMILES string of the molecule is NC1C2=C(OC(C(=O)O)(C(=O)O)O2)C2=C(CCC=C2)C1CC(O)c1cccc(Cl)c1. The number of aliphatic hydroxyl groups excluding tert-OH is 1. The van der Waals surface area contributed by atoms with Crippen molar-refractivity contribution in [2.45, 2.75) is 37.2 Å². The van der Waals surface area contributed by atoms with Gasteiger partial charge in [0, 0.05) is 16.5 Å². The number of ether oxygens (including phenoxy) is 2. The topological polar surface area (TPSA) is 139 Å². The minimum Gasteiger partial charge on any atom is -0.475 e. The molecule has 1 aliphatic heterocycles. The standard InChI is InChI=1S/C21H20ClNO7/c22-11-5-3-4-10(8-11)15(24)9-14-12-6-1-2-7-13(12)17-18(16(14)23)30-21(29-17,19(25)26)20(27)28/h2-5,7-8,14-16,24H,1,6,9,23H2,(H,25,26)(H,27,28). The highest BCUT2D eigenvalue weighted by Crippen LogP contribution is 2.48. The van der Waals surface area contributed by atoms with Crippen molar-refractivity contribution in [2.24, 2.45) is 11.7 Å². The van der Waals surface area contributed by atoms with Gasteiger partial charge in [0.15, 0.2) is 11.5 Å². The van der Waals surface area contributed by atoms with Gasteiger partial charge in [-0.05, 0) is 37.0 Å². The lowest BCUT2D eigenvalue weighted by Gasteiger charge is -2.34. The summed E-state index contributed by atoms with van der Waals surface area (Å²) < 4.78 is 10.7. The molecule has 0 radical (unpaired) electrons. The van der Waals surface area contributed by atoms with Crippen LogP contribution in [0.4, 0.5) is 0 Å². The van der Waals surface area contributed by atoms with E-state index in [0.29, 0.717) is 22.6 Å². The van der Waals surface area contributed by atoms with Gasteiger partial charge in [0.2, 0.25) is 0 Å². The zero-order valence-corrected chi connectivity index (χ0v) is 16.5. The average Bonchev–Trinajstić information content (AvgIpc) is 3.14. The number of rotatable bonds is 5. The Morgan fingerprint density at radius 2 is 2.00 bits per heavy atom. The molecule has 0 saturated heterocycles. The largest absolute Gasteiger partial charge is 0.475 e. The van der Waals surface area contributed by atoms with Gasteiger partial charge in [-0.1, -0.05) is 41.5 Å². The molecule has 0 fully saturated rings. The van der Waals surface area contributed by atoms with Crippen LogP contribution in [0.1, 0.15) is 30.9 Å². The van der Waals surface area contributed by atoms with Crippen LogP contribution in [0.3, 0.4) is 0 Å². The lowest BCUT2D eigenvalue weighted by molar-refractivity contribution is -0.213. The van der Waals surface area contributed by atoms with E-state index < -0.39 is 35.8 Å². The molecular formula is C21H20ClNO7. The minimum absolute atomic E-state index is 0.0339. The van der Waals surface area contributed by atoms with E-state index in [9.17, 15) is 24.9 Å². The van der Waals surface area contributed by atoms with Crippen molar-refractivity contribution >= 4 is 23.5 Å². The van der Waals surface area contributed by atoms with Crippen molar-refractivity contribution in [3.8, 4) is 0 Å². The quantitative estimate of drug-likeness (QED) is 0.519. The van der Waals surface area contributed by atoms with Gasteiger partial charge in [-0.15, -0.1) is 0 Å². The zero-order valence-electron chi connectivity index (χ0n) is 15.7. The van der Waals surface area contributed by atoms with Gasteiger partial charge in [-0.25, -0.2) is 9.59 Å². The number of aliphatic carboxylic acids is 2. The second-order valence-electron chi connectivity index (χ2n) is 7.44. The summed E-state index contributed by atoms with van der Waals surface area (Å²) >= 11 is 6.03. The number of aliphatic hydroxyl groups is 1. The smallest absolute Gasteiger partial charge is 0.452 e. The lowest BCUT2D eigenvalue weighted by Crippen LogP contribution is -2.49.